The maximum Gasteiger partial charge on any atom is 0.0271 e. The highest BCUT2D eigenvalue weighted by Gasteiger charge is 2.31. The Morgan fingerprint density at radius 2 is 2.16 bits per heavy atom. The quantitative estimate of drug-likeness (QED) is 0.388. The third-order valence-corrected chi connectivity index (χ3v) is 5.28. The third kappa shape index (κ3) is 5.15. The molecule has 0 heterocycles. The van der Waals surface area contributed by atoms with E-state index >= 15 is 0 Å². The first kappa shape index (κ1) is 17.1. The molecule has 19 heavy (non-hydrogen) atoms. The Morgan fingerprint density at radius 3 is 2.68 bits per heavy atom. The molecule has 0 bridgehead atoms. The molecule has 0 N–H and O–H groups in total. The van der Waals surface area contributed by atoms with Gasteiger partial charge in [-0.25, -0.2) is 0 Å². The molecule has 110 valence electrons. The molecule has 0 saturated carbocycles. The van der Waals surface area contributed by atoms with E-state index in [1.165, 1.54) is 24.8 Å². The Labute approximate surface area is 128 Å². The monoisotopic (exact) mass is 298 g/mol. The molecule has 1 rings (SSSR count). The van der Waals surface area contributed by atoms with Gasteiger partial charge >= 0.3 is 0 Å². The number of thiol groups is 1. The summed E-state index contributed by atoms with van der Waals surface area (Å²) in [6.45, 7) is 9.30. The lowest BCUT2D eigenvalue weighted by molar-refractivity contribution is 0.357. The predicted molar refractivity (Wildman–Crippen MR) is 97.0 cm³/mol. The molecule has 0 radical (unpaired) electrons. The van der Waals surface area contributed by atoms with Crippen molar-refractivity contribution in [3.05, 3.63) is 22.8 Å². The topological polar surface area (TPSA) is 0 Å². The fraction of sp³-hybridized carbons (Fsp3) is 0.706. The van der Waals surface area contributed by atoms with Crippen LogP contribution in [-0.2, 0) is 0 Å². The normalized spacial score (nSPS) is 23.4. The maximum absolute atomic E-state index is 4.92. The summed E-state index contributed by atoms with van der Waals surface area (Å²) in [7, 11) is 0.259. The first-order valence-electron chi connectivity index (χ1n) is 7.20. The second kappa shape index (κ2) is 7.17. The summed E-state index contributed by atoms with van der Waals surface area (Å²) in [6, 6.07) is 0. The Morgan fingerprint density at radius 1 is 1.53 bits per heavy atom. The zero-order valence-electron chi connectivity index (χ0n) is 13.3. The minimum Gasteiger partial charge on any atom is -0.192 e. The summed E-state index contributed by atoms with van der Waals surface area (Å²) in [6.07, 6.45) is 9.52. The summed E-state index contributed by atoms with van der Waals surface area (Å²) in [5, 5.41) is 0.384. The van der Waals surface area contributed by atoms with Crippen LogP contribution in [-0.4, -0.2) is 23.1 Å². The highest BCUT2D eigenvalue weighted by atomic mass is 32.2. The van der Waals surface area contributed by atoms with E-state index in [0.29, 0.717) is 10.7 Å². The lowest BCUT2D eigenvalue weighted by Crippen LogP contribution is -2.26. The standard InChI is InChI=1S/C17H30S2/c1-13(9-11-19(5)6)12-15(18)16-14(2)8-7-10-17(16,3)4/h9,15,18H,5,7-8,10-12H2,1-4,6H3/b13-9+. The van der Waals surface area contributed by atoms with E-state index in [9.17, 15) is 0 Å². The molecule has 0 aliphatic heterocycles. The van der Waals surface area contributed by atoms with Crippen molar-refractivity contribution in [1.82, 2.24) is 0 Å². The summed E-state index contributed by atoms with van der Waals surface area (Å²) in [5.74, 6) is 5.17. The Kier molecular flexibility index (Phi) is 6.46. The summed E-state index contributed by atoms with van der Waals surface area (Å²) >= 11 is 4.92. The molecular formula is C17H30S2. The fourth-order valence-electron chi connectivity index (χ4n) is 3.15. The van der Waals surface area contributed by atoms with Crippen LogP contribution in [0.2, 0.25) is 0 Å². The fourth-order valence-corrected chi connectivity index (χ4v) is 4.58. The van der Waals surface area contributed by atoms with E-state index in [2.05, 4.69) is 45.9 Å². The van der Waals surface area contributed by atoms with Gasteiger partial charge in [-0.3, -0.25) is 0 Å². The largest absolute Gasteiger partial charge is 0.192 e. The number of allylic oxidation sites excluding steroid dienone is 2. The van der Waals surface area contributed by atoms with Crippen molar-refractivity contribution in [3.8, 4) is 0 Å². The van der Waals surface area contributed by atoms with Gasteiger partial charge in [0.05, 0.1) is 0 Å². The molecule has 0 aromatic carbocycles. The lowest BCUT2D eigenvalue weighted by atomic mass is 9.71. The molecule has 1 aliphatic rings. The van der Waals surface area contributed by atoms with Crippen LogP contribution in [0.1, 0.15) is 53.4 Å². The van der Waals surface area contributed by atoms with Crippen LogP contribution in [0.15, 0.2) is 22.8 Å². The van der Waals surface area contributed by atoms with Gasteiger partial charge < -0.3 is 0 Å². The van der Waals surface area contributed by atoms with Gasteiger partial charge in [0.25, 0.3) is 0 Å². The second-order valence-electron chi connectivity index (χ2n) is 6.65. The number of hydrogen-bond acceptors (Lipinski definition) is 1. The number of rotatable bonds is 5. The maximum atomic E-state index is 4.92. The van der Waals surface area contributed by atoms with Crippen LogP contribution in [0.3, 0.4) is 0 Å². The van der Waals surface area contributed by atoms with Crippen LogP contribution in [0.25, 0.3) is 0 Å². The van der Waals surface area contributed by atoms with Gasteiger partial charge in [0.1, 0.15) is 0 Å². The summed E-state index contributed by atoms with van der Waals surface area (Å²) in [4.78, 5) is 0. The molecule has 0 nitrogen and oxygen atoms in total. The zero-order chi connectivity index (χ0) is 14.6. The molecule has 2 unspecified atom stereocenters. The van der Waals surface area contributed by atoms with Gasteiger partial charge in [0.2, 0.25) is 0 Å². The molecule has 2 atom stereocenters. The molecule has 0 amide bonds. The minimum absolute atomic E-state index is 0.259. The average Bonchev–Trinajstić information content (AvgIpc) is 2.24. The Bertz CT molecular complexity index is 399. The molecule has 0 aromatic heterocycles. The number of hydrogen-bond donors (Lipinski definition) is 1. The van der Waals surface area contributed by atoms with Crippen molar-refractivity contribution in [3.63, 3.8) is 0 Å². The van der Waals surface area contributed by atoms with Crippen molar-refractivity contribution in [2.45, 2.75) is 58.6 Å². The average molecular weight is 299 g/mol. The Hall–Kier alpha value is 0.0500. The smallest absolute Gasteiger partial charge is 0.0271 e. The van der Waals surface area contributed by atoms with Gasteiger partial charge in [0.15, 0.2) is 0 Å². The van der Waals surface area contributed by atoms with E-state index in [-0.39, 0.29) is 10.5 Å². The van der Waals surface area contributed by atoms with E-state index in [1.54, 1.807) is 11.1 Å². The van der Waals surface area contributed by atoms with E-state index in [4.69, 9.17) is 12.6 Å². The minimum atomic E-state index is 0.259. The van der Waals surface area contributed by atoms with Crippen molar-refractivity contribution in [2.75, 3.05) is 12.0 Å². The first-order valence-corrected chi connectivity index (χ1v) is 9.69. The van der Waals surface area contributed by atoms with E-state index in [0.717, 1.165) is 12.2 Å². The van der Waals surface area contributed by atoms with Gasteiger partial charge in [-0.05, 0) is 51.2 Å². The van der Waals surface area contributed by atoms with Crippen LogP contribution < -0.4 is 0 Å². The SMILES string of the molecule is C=S(C)C/C=C(\C)CC(S)C1=C(C)CCCC1(C)C. The van der Waals surface area contributed by atoms with Crippen LogP contribution in [0.5, 0.6) is 0 Å². The van der Waals surface area contributed by atoms with E-state index < -0.39 is 0 Å². The van der Waals surface area contributed by atoms with Gasteiger partial charge in [-0.15, -0.1) is 0 Å². The molecule has 2 heteroatoms. The van der Waals surface area contributed by atoms with Crippen LogP contribution in [0.4, 0.5) is 0 Å². The molecule has 1 aliphatic carbocycles. The van der Waals surface area contributed by atoms with Gasteiger partial charge in [-0.2, -0.15) is 23.1 Å². The van der Waals surface area contributed by atoms with Crippen LogP contribution >= 0.6 is 23.1 Å². The van der Waals surface area contributed by atoms with Crippen LogP contribution in [0, 0.1) is 5.41 Å². The highest BCUT2D eigenvalue weighted by Crippen LogP contribution is 2.44. The van der Waals surface area contributed by atoms with E-state index in [1.807, 2.05) is 0 Å². The second-order valence-corrected chi connectivity index (χ2v) is 9.17. The third-order valence-electron chi connectivity index (χ3n) is 4.11. The highest BCUT2D eigenvalue weighted by molar-refractivity contribution is 8.13. The van der Waals surface area contributed by atoms with Crippen molar-refractivity contribution < 1.29 is 0 Å². The molecule has 0 spiro atoms. The molecule has 0 fully saturated rings. The lowest BCUT2D eigenvalue weighted by Gasteiger charge is -2.37. The van der Waals surface area contributed by atoms with Crippen molar-refractivity contribution in [2.24, 2.45) is 5.41 Å². The molecule has 0 aromatic rings. The summed E-state index contributed by atoms with van der Waals surface area (Å²) < 4.78 is 0. The van der Waals surface area contributed by atoms with Crippen molar-refractivity contribution in [1.29, 1.82) is 0 Å². The molecule has 0 saturated heterocycles. The van der Waals surface area contributed by atoms with Crippen molar-refractivity contribution >= 4 is 29.0 Å². The Balaban J connectivity index is 2.79. The predicted octanol–water partition coefficient (Wildman–Crippen LogP) is 5.48. The summed E-state index contributed by atoms with van der Waals surface area (Å²) in [5.41, 5.74) is 4.97. The zero-order valence-corrected chi connectivity index (χ0v) is 15.0. The van der Waals surface area contributed by atoms with Gasteiger partial charge in [-0.1, -0.05) is 42.5 Å². The first-order chi connectivity index (χ1) is 8.74. The van der Waals surface area contributed by atoms with Gasteiger partial charge in [0, 0.05) is 11.0 Å². The molecular weight excluding hydrogens is 268 g/mol.